The second kappa shape index (κ2) is 4.81. The van der Waals surface area contributed by atoms with Gasteiger partial charge in [0.05, 0.1) is 32.7 Å². The summed E-state index contributed by atoms with van der Waals surface area (Å²) < 4.78 is 8.70. The average Bonchev–Trinajstić information content (AvgIpc) is 2.02. The second-order valence-electron chi connectivity index (χ2n) is 3.00. The van der Waals surface area contributed by atoms with Crippen molar-refractivity contribution in [3.8, 4) is 0 Å². The van der Waals surface area contributed by atoms with Gasteiger partial charge in [-0.3, -0.25) is 9.59 Å². The van der Waals surface area contributed by atoms with Gasteiger partial charge < -0.3 is 14.6 Å². The summed E-state index contributed by atoms with van der Waals surface area (Å²) in [6, 6.07) is 0. The van der Waals surface area contributed by atoms with E-state index in [4.69, 9.17) is 0 Å². The van der Waals surface area contributed by atoms with Crippen molar-refractivity contribution in [3.63, 3.8) is 0 Å². The molecule has 0 amide bonds. The van der Waals surface area contributed by atoms with E-state index in [2.05, 4.69) is 9.47 Å². The highest BCUT2D eigenvalue weighted by Gasteiger charge is 2.28. The van der Waals surface area contributed by atoms with Crippen LogP contribution in [0.25, 0.3) is 0 Å². The molecule has 0 atom stereocenters. The van der Waals surface area contributed by atoms with Crippen LogP contribution in [0, 0.1) is 0 Å². The third-order valence-corrected chi connectivity index (χ3v) is 1.51. The van der Waals surface area contributed by atoms with Crippen LogP contribution in [0.4, 0.5) is 0 Å². The highest BCUT2D eigenvalue weighted by Crippen LogP contribution is 2.15. The van der Waals surface area contributed by atoms with Crippen LogP contribution in [0.2, 0.25) is 0 Å². The Labute approximate surface area is 76.6 Å². The van der Waals surface area contributed by atoms with Gasteiger partial charge in [-0.25, -0.2) is 0 Å². The van der Waals surface area contributed by atoms with Gasteiger partial charge in [0.15, 0.2) is 0 Å². The molecule has 0 unspecified atom stereocenters. The van der Waals surface area contributed by atoms with Gasteiger partial charge in [-0.05, 0) is 6.92 Å². The van der Waals surface area contributed by atoms with Gasteiger partial charge in [0.2, 0.25) is 0 Å². The van der Waals surface area contributed by atoms with Gasteiger partial charge in [-0.15, -0.1) is 0 Å². The summed E-state index contributed by atoms with van der Waals surface area (Å²) in [5.41, 5.74) is -1.40. The maximum absolute atomic E-state index is 10.8. The third-order valence-electron chi connectivity index (χ3n) is 1.51. The molecule has 5 heteroatoms. The van der Waals surface area contributed by atoms with Crippen LogP contribution >= 0.6 is 0 Å². The molecular weight excluding hydrogens is 176 g/mol. The Bertz CT molecular complexity index is 177. The molecule has 5 nitrogen and oxygen atoms in total. The predicted molar refractivity (Wildman–Crippen MR) is 43.9 cm³/mol. The zero-order valence-electron chi connectivity index (χ0n) is 7.99. The average molecular weight is 190 g/mol. The van der Waals surface area contributed by atoms with E-state index in [-0.39, 0.29) is 12.8 Å². The molecular formula is C8H14O5. The van der Waals surface area contributed by atoms with Gasteiger partial charge in [-0.1, -0.05) is 0 Å². The molecule has 0 heterocycles. The van der Waals surface area contributed by atoms with E-state index in [0.717, 1.165) is 0 Å². The maximum Gasteiger partial charge on any atom is 0.308 e. The van der Waals surface area contributed by atoms with Crippen LogP contribution in [-0.2, 0) is 19.1 Å². The van der Waals surface area contributed by atoms with Crippen molar-refractivity contribution in [2.45, 2.75) is 25.4 Å². The number of carbonyl (C=O) groups excluding carboxylic acids is 2. The van der Waals surface area contributed by atoms with Gasteiger partial charge in [0, 0.05) is 0 Å². The largest absolute Gasteiger partial charge is 0.469 e. The summed E-state index contributed by atoms with van der Waals surface area (Å²) in [5, 5.41) is 9.52. The maximum atomic E-state index is 10.8. The lowest BCUT2D eigenvalue weighted by molar-refractivity contribution is -0.151. The van der Waals surface area contributed by atoms with E-state index >= 15 is 0 Å². The van der Waals surface area contributed by atoms with Gasteiger partial charge in [-0.2, -0.15) is 0 Å². The molecule has 0 rings (SSSR count). The fourth-order valence-electron chi connectivity index (χ4n) is 0.829. The lowest BCUT2D eigenvalue weighted by Crippen LogP contribution is -2.31. The summed E-state index contributed by atoms with van der Waals surface area (Å²) in [4.78, 5) is 21.5. The number of carbonyl (C=O) groups is 2. The highest BCUT2D eigenvalue weighted by atomic mass is 16.5. The highest BCUT2D eigenvalue weighted by molar-refractivity contribution is 5.74. The molecule has 0 aromatic rings. The van der Waals surface area contributed by atoms with Crippen molar-refractivity contribution in [1.82, 2.24) is 0 Å². The van der Waals surface area contributed by atoms with Crippen LogP contribution in [0.1, 0.15) is 19.8 Å². The Morgan fingerprint density at radius 2 is 1.46 bits per heavy atom. The van der Waals surface area contributed by atoms with Gasteiger partial charge in [0.1, 0.15) is 0 Å². The van der Waals surface area contributed by atoms with E-state index in [9.17, 15) is 14.7 Å². The van der Waals surface area contributed by atoms with Gasteiger partial charge in [0.25, 0.3) is 0 Å². The molecule has 0 spiro atoms. The zero-order chi connectivity index (χ0) is 10.5. The number of methoxy groups -OCH3 is 2. The molecule has 0 aliphatic carbocycles. The molecule has 76 valence electrons. The lowest BCUT2D eigenvalue weighted by Gasteiger charge is -2.19. The standard InChI is InChI=1S/C8H14O5/c1-8(11,4-6(9)12-2)5-7(10)13-3/h11H,4-5H2,1-3H3. The predicted octanol–water partition coefficient (Wildman–Crippen LogP) is -0.136. The van der Waals surface area contributed by atoms with Crippen molar-refractivity contribution < 1.29 is 24.2 Å². The number of aliphatic hydroxyl groups is 1. The van der Waals surface area contributed by atoms with E-state index in [1.165, 1.54) is 21.1 Å². The van der Waals surface area contributed by atoms with Crippen molar-refractivity contribution in [2.75, 3.05) is 14.2 Å². The minimum atomic E-state index is -1.40. The fourth-order valence-corrected chi connectivity index (χ4v) is 0.829. The minimum absolute atomic E-state index is 0.224. The smallest absolute Gasteiger partial charge is 0.308 e. The van der Waals surface area contributed by atoms with E-state index in [0.29, 0.717) is 0 Å². The van der Waals surface area contributed by atoms with Crippen molar-refractivity contribution in [1.29, 1.82) is 0 Å². The van der Waals surface area contributed by atoms with Crippen molar-refractivity contribution in [2.24, 2.45) is 0 Å². The van der Waals surface area contributed by atoms with Crippen molar-refractivity contribution >= 4 is 11.9 Å². The summed E-state index contributed by atoms with van der Waals surface area (Å²) in [6.07, 6.45) is -0.447. The Balaban J connectivity index is 4.07. The first-order valence-corrected chi connectivity index (χ1v) is 3.77. The molecule has 0 aromatic heterocycles. The van der Waals surface area contributed by atoms with Crippen LogP contribution in [0.5, 0.6) is 0 Å². The van der Waals surface area contributed by atoms with Crippen LogP contribution < -0.4 is 0 Å². The summed E-state index contributed by atoms with van der Waals surface area (Å²) in [6.45, 7) is 1.38. The molecule has 0 aliphatic heterocycles. The fraction of sp³-hybridized carbons (Fsp3) is 0.750. The van der Waals surface area contributed by atoms with E-state index in [1.54, 1.807) is 0 Å². The molecule has 0 radical (unpaired) electrons. The van der Waals surface area contributed by atoms with Gasteiger partial charge >= 0.3 is 11.9 Å². The first-order chi connectivity index (χ1) is 5.91. The molecule has 13 heavy (non-hydrogen) atoms. The Kier molecular flexibility index (Phi) is 4.40. The number of esters is 2. The molecule has 0 fully saturated rings. The van der Waals surface area contributed by atoms with E-state index < -0.39 is 17.5 Å². The first-order valence-electron chi connectivity index (χ1n) is 3.77. The normalized spacial score (nSPS) is 10.8. The number of hydrogen-bond donors (Lipinski definition) is 1. The number of ether oxygens (including phenoxy) is 2. The Morgan fingerprint density at radius 3 is 1.69 bits per heavy atom. The molecule has 0 bridgehead atoms. The molecule has 0 aromatic carbocycles. The van der Waals surface area contributed by atoms with E-state index in [1.807, 2.05) is 0 Å². The lowest BCUT2D eigenvalue weighted by atomic mass is 9.98. The van der Waals surface area contributed by atoms with Crippen LogP contribution in [-0.4, -0.2) is 36.9 Å². The zero-order valence-corrected chi connectivity index (χ0v) is 7.99. The monoisotopic (exact) mass is 190 g/mol. The third kappa shape index (κ3) is 5.19. The quantitative estimate of drug-likeness (QED) is 0.625. The molecule has 1 N–H and O–H groups in total. The number of rotatable bonds is 4. The Hall–Kier alpha value is -1.10. The Morgan fingerprint density at radius 1 is 1.15 bits per heavy atom. The SMILES string of the molecule is COC(=O)CC(C)(O)CC(=O)OC. The summed E-state index contributed by atoms with van der Waals surface area (Å²) in [5.74, 6) is -1.12. The molecule has 0 saturated carbocycles. The minimum Gasteiger partial charge on any atom is -0.469 e. The second-order valence-corrected chi connectivity index (χ2v) is 3.00. The van der Waals surface area contributed by atoms with Crippen LogP contribution in [0.3, 0.4) is 0 Å². The summed E-state index contributed by atoms with van der Waals surface area (Å²) >= 11 is 0. The topological polar surface area (TPSA) is 72.8 Å². The summed E-state index contributed by atoms with van der Waals surface area (Å²) in [7, 11) is 2.44. The van der Waals surface area contributed by atoms with Crippen molar-refractivity contribution in [3.05, 3.63) is 0 Å². The van der Waals surface area contributed by atoms with Crippen LogP contribution in [0.15, 0.2) is 0 Å². The molecule has 0 aliphatic rings. The first kappa shape index (κ1) is 11.9. The number of hydrogen-bond acceptors (Lipinski definition) is 5. The molecule has 0 saturated heterocycles.